The predicted molar refractivity (Wildman–Crippen MR) is 78.9 cm³/mol. The topological polar surface area (TPSA) is 25.9 Å². The normalized spacial score (nSPS) is 10.8. The Morgan fingerprint density at radius 1 is 1.09 bits per heavy atom. The molecule has 3 rings (SSSR count). The number of aromatic nitrogens is 2. The zero-order valence-electron chi connectivity index (χ0n) is 12.4. The smallest absolute Gasteiger partial charge is 0.387 e. The third kappa shape index (κ3) is 3.17. The molecule has 0 spiro atoms. The second-order valence-electron chi connectivity index (χ2n) is 5.06. The molecular weight excluding hydrogens is 366 g/mol. The van der Waals surface area contributed by atoms with Crippen LogP contribution in [0.2, 0.25) is 0 Å². The third-order valence-corrected chi connectivity index (χ3v) is 3.76. The summed E-state index contributed by atoms with van der Waals surface area (Å²) in [6.45, 7) is -1.00. The maximum absolute atomic E-state index is 13.3. The Morgan fingerprint density at radius 3 is 2.35 bits per heavy atom. The molecule has 0 aliphatic heterocycles. The van der Waals surface area contributed by atoms with E-state index in [4.69, 9.17) is 0 Å². The number of para-hydroxylation sites is 2. The Labute approximate surface area is 142 Å². The van der Waals surface area contributed by atoms with E-state index in [0.29, 0.717) is 22.4 Å². The van der Waals surface area contributed by atoms with Gasteiger partial charge >= 0.3 is 6.55 Å². The molecule has 2 aromatic carbocycles. The van der Waals surface area contributed by atoms with Crippen molar-refractivity contribution >= 4 is 16.8 Å². The van der Waals surface area contributed by atoms with Crippen LogP contribution in [0, 0.1) is 6.92 Å². The molecule has 0 fully saturated rings. The van der Waals surface area contributed by atoms with E-state index in [1.807, 2.05) is 6.07 Å². The standard InChI is InChI=1S/C17H15F2N2O.BrH/c1-12-20(11-16(22)13-7-3-2-4-8-13)14-9-5-6-10-15(14)21(12)17(18)19;/h2-10,17H,11H2,1H3;1H/q+1;/p-1. The number of hydrogen-bond acceptors (Lipinski definition) is 1. The number of Topliss-reactive ketones (excluding diaryl/α,β-unsaturated/α-hetero) is 1. The lowest BCUT2D eigenvalue weighted by Crippen LogP contribution is -3.00. The van der Waals surface area contributed by atoms with Gasteiger partial charge in [-0.2, -0.15) is 13.3 Å². The molecule has 1 heterocycles. The molecule has 0 aliphatic carbocycles. The minimum atomic E-state index is -2.64. The molecular formula is C17H15BrF2N2O. The second kappa shape index (κ2) is 7.00. The summed E-state index contributed by atoms with van der Waals surface area (Å²) in [6, 6.07) is 15.7. The summed E-state index contributed by atoms with van der Waals surface area (Å²) >= 11 is 0. The summed E-state index contributed by atoms with van der Waals surface area (Å²) in [7, 11) is 0. The first-order valence-electron chi connectivity index (χ1n) is 6.95. The monoisotopic (exact) mass is 380 g/mol. The molecule has 0 N–H and O–H groups in total. The van der Waals surface area contributed by atoms with E-state index in [-0.39, 0.29) is 29.3 Å². The van der Waals surface area contributed by atoms with E-state index in [1.165, 1.54) is 0 Å². The van der Waals surface area contributed by atoms with E-state index in [0.717, 1.165) is 4.57 Å². The van der Waals surface area contributed by atoms with Gasteiger partial charge in [0.1, 0.15) is 0 Å². The fourth-order valence-corrected chi connectivity index (χ4v) is 2.68. The first-order valence-corrected chi connectivity index (χ1v) is 6.95. The van der Waals surface area contributed by atoms with Crippen LogP contribution in [0.4, 0.5) is 8.78 Å². The van der Waals surface area contributed by atoms with E-state index in [9.17, 15) is 13.6 Å². The van der Waals surface area contributed by atoms with Crippen molar-refractivity contribution in [3.8, 4) is 0 Å². The highest BCUT2D eigenvalue weighted by molar-refractivity contribution is 5.95. The van der Waals surface area contributed by atoms with Gasteiger partial charge in [0.2, 0.25) is 5.78 Å². The van der Waals surface area contributed by atoms with E-state index in [2.05, 4.69) is 0 Å². The van der Waals surface area contributed by atoms with Gasteiger partial charge < -0.3 is 17.0 Å². The maximum atomic E-state index is 13.3. The minimum absolute atomic E-state index is 0. The van der Waals surface area contributed by atoms with Gasteiger partial charge in [-0.1, -0.05) is 42.5 Å². The van der Waals surface area contributed by atoms with Crippen LogP contribution in [0.1, 0.15) is 22.7 Å². The van der Waals surface area contributed by atoms with Crippen LogP contribution in [0.5, 0.6) is 0 Å². The number of halogens is 3. The number of fused-ring (bicyclic) bond motifs is 1. The molecule has 0 radical (unpaired) electrons. The van der Waals surface area contributed by atoms with Crippen molar-refractivity contribution in [2.75, 3.05) is 0 Å². The van der Waals surface area contributed by atoms with Gasteiger partial charge in [0.15, 0.2) is 17.6 Å². The number of rotatable bonds is 4. The number of carbonyl (C=O) groups is 1. The average Bonchev–Trinajstić information content (AvgIpc) is 2.81. The van der Waals surface area contributed by atoms with Gasteiger partial charge in [0.25, 0.3) is 5.82 Å². The summed E-state index contributed by atoms with van der Waals surface area (Å²) in [5.74, 6) is 0.256. The number of alkyl halides is 2. The molecule has 3 aromatic rings. The van der Waals surface area contributed by atoms with Crippen LogP contribution < -0.4 is 21.5 Å². The fourth-order valence-electron chi connectivity index (χ4n) is 2.68. The second-order valence-corrected chi connectivity index (χ2v) is 5.06. The van der Waals surface area contributed by atoms with Crippen LogP contribution in [-0.4, -0.2) is 10.4 Å². The number of carbonyl (C=O) groups excluding carboxylic acids is 1. The highest BCUT2D eigenvalue weighted by atomic mass is 79.9. The lowest BCUT2D eigenvalue weighted by atomic mass is 10.1. The molecule has 0 atom stereocenters. The lowest BCUT2D eigenvalue weighted by Gasteiger charge is -2.01. The zero-order valence-corrected chi connectivity index (χ0v) is 14.0. The first-order chi connectivity index (χ1) is 10.6. The Hall–Kier alpha value is -2.08. The molecule has 0 bridgehead atoms. The molecule has 23 heavy (non-hydrogen) atoms. The lowest BCUT2D eigenvalue weighted by molar-refractivity contribution is -0.664. The Morgan fingerprint density at radius 2 is 1.70 bits per heavy atom. The van der Waals surface area contributed by atoms with Gasteiger partial charge in [0, 0.05) is 12.5 Å². The van der Waals surface area contributed by atoms with Gasteiger partial charge in [-0.05, 0) is 12.1 Å². The van der Waals surface area contributed by atoms with E-state index < -0.39 is 6.55 Å². The highest BCUT2D eigenvalue weighted by Gasteiger charge is 2.28. The fraction of sp³-hybridized carbons (Fsp3) is 0.176. The molecule has 0 unspecified atom stereocenters. The predicted octanol–water partition coefficient (Wildman–Crippen LogP) is 0.519. The number of benzene rings is 2. The number of nitrogens with zero attached hydrogens (tertiary/aromatic N) is 2. The van der Waals surface area contributed by atoms with Crippen molar-refractivity contribution in [1.29, 1.82) is 0 Å². The Bertz CT molecular complexity index is 831. The number of ketones is 1. The SMILES string of the molecule is Cc1n(C(F)F)c2ccccc2[n+]1CC(=O)c1ccccc1.[Br-]. The van der Waals surface area contributed by atoms with Crippen LogP contribution >= 0.6 is 0 Å². The van der Waals surface area contributed by atoms with Gasteiger partial charge in [-0.25, -0.2) is 4.57 Å². The molecule has 0 saturated heterocycles. The van der Waals surface area contributed by atoms with Gasteiger partial charge in [-0.3, -0.25) is 4.79 Å². The summed E-state index contributed by atoms with van der Waals surface area (Å²) in [6.07, 6.45) is 0. The van der Waals surface area contributed by atoms with Crippen molar-refractivity contribution in [2.45, 2.75) is 20.0 Å². The summed E-state index contributed by atoms with van der Waals surface area (Å²) in [4.78, 5) is 12.4. The number of hydrogen-bond donors (Lipinski definition) is 0. The minimum Gasteiger partial charge on any atom is -1.00 e. The van der Waals surface area contributed by atoms with Crippen molar-refractivity contribution in [1.82, 2.24) is 4.57 Å². The largest absolute Gasteiger partial charge is 1.00 e. The summed E-state index contributed by atoms with van der Waals surface area (Å²) in [5.41, 5.74) is 1.63. The Kier molecular flexibility index (Phi) is 5.26. The molecule has 0 amide bonds. The van der Waals surface area contributed by atoms with Crippen LogP contribution in [0.3, 0.4) is 0 Å². The van der Waals surface area contributed by atoms with Gasteiger partial charge in [0.05, 0.1) is 0 Å². The van der Waals surface area contributed by atoms with E-state index >= 15 is 0 Å². The van der Waals surface area contributed by atoms with Crippen LogP contribution in [0.25, 0.3) is 11.0 Å². The van der Waals surface area contributed by atoms with Crippen molar-refractivity contribution in [2.24, 2.45) is 0 Å². The first kappa shape index (κ1) is 17.3. The van der Waals surface area contributed by atoms with Crippen molar-refractivity contribution < 1.29 is 35.1 Å². The van der Waals surface area contributed by atoms with Crippen molar-refractivity contribution in [3.63, 3.8) is 0 Å². The number of imidazole rings is 1. The van der Waals surface area contributed by atoms with E-state index in [1.54, 1.807) is 60.0 Å². The van der Waals surface area contributed by atoms with Crippen LogP contribution in [-0.2, 0) is 6.54 Å². The van der Waals surface area contributed by atoms with Crippen molar-refractivity contribution in [3.05, 3.63) is 66.0 Å². The quantitative estimate of drug-likeness (QED) is 0.478. The molecule has 6 heteroatoms. The summed E-state index contributed by atoms with van der Waals surface area (Å²) < 4.78 is 29.2. The molecule has 0 saturated carbocycles. The average molecular weight is 381 g/mol. The van der Waals surface area contributed by atoms with Gasteiger partial charge in [-0.15, -0.1) is 0 Å². The highest BCUT2D eigenvalue weighted by Crippen LogP contribution is 2.21. The van der Waals surface area contributed by atoms with Crippen LogP contribution in [0.15, 0.2) is 54.6 Å². The molecule has 120 valence electrons. The Balaban J connectivity index is 0.00000192. The summed E-state index contributed by atoms with van der Waals surface area (Å²) in [5, 5.41) is 0. The third-order valence-electron chi connectivity index (χ3n) is 3.76. The maximum Gasteiger partial charge on any atom is 0.387 e. The molecule has 0 aliphatic rings. The zero-order chi connectivity index (χ0) is 15.7. The molecule has 1 aromatic heterocycles. The molecule has 3 nitrogen and oxygen atoms in total.